The van der Waals surface area contributed by atoms with Crippen molar-refractivity contribution < 1.29 is 33.6 Å². The number of imidazole rings is 1. The first-order valence-corrected chi connectivity index (χ1v) is 17.6. The summed E-state index contributed by atoms with van der Waals surface area (Å²) in [6, 6.07) is 15.4. The number of nitrogens with zero attached hydrogens (tertiary/aromatic N) is 2. The molecule has 11 nitrogen and oxygen atoms in total. The number of methoxy groups -OCH3 is 2. The summed E-state index contributed by atoms with van der Waals surface area (Å²) in [5.74, 6) is 1.60. The van der Waals surface area contributed by atoms with E-state index in [9.17, 15) is 14.7 Å². The van der Waals surface area contributed by atoms with E-state index in [0.29, 0.717) is 60.9 Å². The molecule has 0 saturated heterocycles. The third-order valence-corrected chi connectivity index (χ3v) is 10.8. The maximum Gasteiger partial charge on any atom is 0.339 e. The quantitative estimate of drug-likeness (QED) is 0.132. The van der Waals surface area contributed by atoms with Gasteiger partial charge in [-0.2, -0.15) is 0 Å². The van der Waals surface area contributed by atoms with Gasteiger partial charge in [0.2, 0.25) is 0 Å². The highest BCUT2D eigenvalue weighted by atomic mass is 16.5. The van der Waals surface area contributed by atoms with Crippen molar-refractivity contribution in [3.8, 4) is 28.5 Å². The summed E-state index contributed by atoms with van der Waals surface area (Å²) >= 11 is 0. The molecule has 1 amide bonds. The zero-order chi connectivity index (χ0) is 34.4. The number of H-pyrrole nitrogens is 1. The normalized spacial score (nSPS) is 16.9. The summed E-state index contributed by atoms with van der Waals surface area (Å²) in [5, 5.41) is 14.4. The molecule has 260 valence electrons. The first kappa shape index (κ1) is 32.2. The first-order valence-electron chi connectivity index (χ1n) is 17.6. The van der Waals surface area contributed by atoms with Crippen LogP contribution in [0.15, 0.2) is 48.5 Å². The van der Waals surface area contributed by atoms with Gasteiger partial charge >= 0.3 is 5.97 Å². The van der Waals surface area contributed by atoms with Crippen LogP contribution in [-0.2, 0) is 16.8 Å². The van der Waals surface area contributed by atoms with Crippen molar-refractivity contribution in [1.29, 1.82) is 0 Å². The summed E-state index contributed by atoms with van der Waals surface area (Å²) in [6.45, 7) is 1.72. The Morgan fingerprint density at radius 1 is 1.04 bits per heavy atom. The summed E-state index contributed by atoms with van der Waals surface area (Å²) < 4.78 is 24.9. The molecule has 3 heterocycles. The molecule has 0 radical (unpaired) electrons. The van der Waals surface area contributed by atoms with Gasteiger partial charge in [-0.3, -0.25) is 4.79 Å². The number of ether oxygens (including phenoxy) is 4. The number of benzene rings is 3. The third-order valence-electron chi connectivity index (χ3n) is 10.8. The van der Waals surface area contributed by atoms with Crippen LogP contribution in [0, 0.1) is 0 Å². The van der Waals surface area contributed by atoms with E-state index in [-0.39, 0.29) is 23.8 Å². The predicted octanol–water partition coefficient (Wildman–Crippen LogP) is 7.17. The van der Waals surface area contributed by atoms with E-state index in [1.807, 2.05) is 24.3 Å². The maximum absolute atomic E-state index is 14.1. The minimum Gasteiger partial charge on any atom is -0.497 e. The molecule has 0 spiro atoms. The Hall–Kier alpha value is -5.03. The molecule has 1 aliphatic heterocycles. The number of aromatic amines is 1. The van der Waals surface area contributed by atoms with Crippen molar-refractivity contribution >= 4 is 33.8 Å². The van der Waals surface area contributed by atoms with Crippen LogP contribution in [0.4, 0.5) is 0 Å². The number of carboxylic acids is 1. The van der Waals surface area contributed by atoms with Crippen LogP contribution < -0.4 is 19.5 Å². The zero-order valence-corrected chi connectivity index (χ0v) is 28.5. The van der Waals surface area contributed by atoms with Gasteiger partial charge in [0, 0.05) is 41.3 Å². The van der Waals surface area contributed by atoms with Crippen LogP contribution in [0.1, 0.15) is 89.4 Å². The molecule has 0 unspecified atom stereocenters. The topological polar surface area (TPSA) is 137 Å². The average molecular weight is 679 g/mol. The Kier molecular flexibility index (Phi) is 8.38. The zero-order valence-electron chi connectivity index (χ0n) is 28.5. The standard InChI is InChI=1S/C39H42N4O7/c1-47-17-18-50-33-22-30-29(21-28(33)37(45)46)40-38(41-30)39(13-6-14-39)42-36(44)24-9-11-26-31(19-24)43-15-16-49-32-20-25(48-2)10-12-27(32)35(43)34(26)23-7-4-3-5-8-23/h9-12,19-23H,3-8,13-18H2,1-2H3,(H,40,41)(H,42,44)(H,45,46). The minimum absolute atomic E-state index is 0.0257. The summed E-state index contributed by atoms with van der Waals surface area (Å²) in [5.41, 5.74) is 5.69. The van der Waals surface area contributed by atoms with Gasteiger partial charge in [0.1, 0.15) is 41.9 Å². The van der Waals surface area contributed by atoms with E-state index >= 15 is 0 Å². The van der Waals surface area contributed by atoms with Crippen LogP contribution in [0.2, 0.25) is 0 Å². The molecule has 2 fully saturated rings. The number of fused-ring (bicyclic) bond motifs is 6. The number of hydrogen-bond donors (Lipinski definition) is 3. The Morgan fingerprint density at radius 2 is 1.88 bits per heavy atom. The second-order valence-corrected chi connectivity index (χ2v) is 13.7. The van der Waals surface area contributed by atoms with Crippen molar-refractivity contribution in [1.82, 2.24) is 19.9 Å². The smallest absolute Gasteiger partial charge is 0.339 e. The van der Waals surface area contributed by atoms with E-state index in [0.717, 1.165) is 41.8 Å². The Bertz CT molecular complexity index is 2100. The number of hydrogen-bond acceptors (Lipinski definition) is 7. The van der Waals surface area contributed by atoms with Crippen molar-refractivity contribution in [2.24, 2.45) is 0 Å². The van der Waals surface area contributed by atoms with E-state index < -0.39 is 11.5 Å². The molecular weight excluding hydrogens is 636 g/mol. The lowest BCUT2D eigenvalue weighted by Gasteiger charge is -2.40. The van der Waals surface area contributed by atoms with Gasteiger partial charge in [0.05, 0.1) is 42.5 Å². The first-order chi connectivity index (χ1) is 24.4. The fourth-order valence-corrected chi connectivity index (χ4v) is 8.06. The third kappa shape index (κ3) is 5.53. The highest BCUT2D eigenvalue weighted by Crippen LogP contribution is 2.48. The Balaban J connectivity index is 1.15. The summed E-state index contributed by atoms with van der Waals surface area (Å²) in [6.07, 6.45) is 8.36. The molecule has 0 bridgehead atoms. The number of aromatic nitrogens is 3. The molecule has 3 N–H and O–H groups in total. The number of carbonyl (C=O) groups is 2. The van der Waals surface area contributed by atoms with E-state index in [1.165, 1.54) is 42.0 Å². The second-order valence-electron chi connectivity index (χ2n) is 13.7. The lowest BCUT2D eigenvalue weighted by molar-refractivity contribution is 0.0689. The van der Waals surface area contributed by atoms with Crippen LogP contribution in [0.3, 0.4) is 0 Å². The van der Waals surface area contributed by atoms with E-state index in [1.54, 1.807) is 20.3 Å². The number of nitrogens with one attached hydrogen (secondary N) is 2. The molecule has 8 rings (SSSR count). The number of amides is 1. The van der Waals surface area contributed by atoms with Crippen LogP contribution >= 0.6 is 0 Å². The molecule has 2 saturated carbocycles. The molecule has 2 aliphatic carbocycles. The molecular formula is C39H42N4O7. The van der Waals surface area contributed by atoms with Crippen LogP contribution in [0.25, 0.3) is 33.2 Å². The second kappa shape index (κ2) is 13.0. The molecule has 3 aromatic carbocycles. The summed E-state index contributed by atoms with van der Waals surface area (Å²) in [4.78, 5) is 34.3. The largest absolute Gasteiger partial charge is 0.497 e. The van der Waals surface area contributed by atoms with E-state index in [2.05, 4.69) is 27.0 Å². The van der Waals surface area contributed by atoms with Gasteiger partial charge in [-0.1, -0.05) is 25.3 Å². The lowest BCUT2D eigenvalue weighted by atomic mass is 9.76. The number of rotatable bonds is 10. The lowest BCUT2D eigenvalue weighted by Crippen LogP contribution is -2.51. The minimum atomic E-state index is -1.10. The van der Waals surface area contributed by atoms with Gasteiger partial charge in [-0.25, -0.2) is 9.78 Å². The van der Waals surface area contributed by atoms with Gasteiger partial charge in [-0.15, -0.1) is 0 Å². The fourth-order valence-electron chi connectivity index (χ4n) is 8.06. The highest BCUT2D eigenvalue weighted by Gasteiger charge is 2.43. The molecule has 5 aromatic rings. The number of aromatic carboxylic acids is 1. The molecule has 3 aliphatic rings. The Morgan fingerprint density at radius 3 is 2.62 bits per heavy atom. The molecule has 2 aromatic heterocycles. The van der Waals surface area contributed by atoms with Crippen molar-refractivity contribution in [3.63, 3.8) is 0 Å². The average Bonchev–Trinajstić information content (AvgIpc) is 3.62. The molecule has 11 heteroatoms. The SMILES string of the molecule is COCCOc1cc2[nH]c(C3(NC(=O)c4ccc5c(C6CCCCC6)c6n(c5c4)CCOc4cc(OC)ccc4-6)CCC3)nc2cc1C(=O)O. The Labute approximate surface area is 289 Å². The van der Waals surface area contributed by atoms with Crippen molar-refractivity contribution in [2.75, 3.05) is 34.0 Å². The number of carboxylic acid groups (broad SMARTS) is 1. The van der Waals surface area contributed by atoms with Crippen molar-refractivity contribution in [2.45, 2.75) is 69.4 Å². The number of carbonyl (C=O) groups excluding carboxylic acids is 1. The van der Waals surface area contributed by atoms with Gasteiger partial charge in [-0.05, 0) is 73.9 Å². The fraction of sp³-hybridized carbons (Fsp3) is 0.410. The molecule has 50 heavy (non-hydrogen) atoms. The predicted molar refractivity (Wildman–Crippen MR) is 189 cm³/mol. The highest BCUT2D eigenvalue weighted by molar-refractivity contribution is 6.02. The monoisotopic (exact) mass is 678 g/mol. The van der Waals surface area contributed by atoms with E-state index in [4.69, 9.17) is 23.9 Å². The van der Waals surface area contributed by atoms with Gasteiger partial charge in [0.25, 0.3) is 5.91 Å². The maximum atomic E-state index is 14.1. The van der Waals surface area contributed by atoms with Gasteiger partial charge in [0.15, 0.2) is 0 Å². The van der Waals surface area contributed by atoms with Gasteiger partial charge < -0.3 is 38.9 Å². The van der Waals surface area contributed by atoms with Crippen LogP contribution in [0.5, 0.6) is 17.2 Å². The van der Waals surface area contributed by atoms with Crippen LogP contribution in [-0.4, -0.2) is 65.6 Å². The summed E-state index contributed by atoms with van der Waals surface area (Å²) in [7, 11) is 3.23. The van der Waals surface area contributed by atoms with Crippen molar-refractivity contribution in [3.05, 3.63) is 71.0 Å². The molecule has 0 atom stereocenters.